The fraction of sp³-hybridized carbons (Fsp3) is 0.500. The maximum Gasteiger partial charge on any atom is 0.254 e. The van der Waals surface area contributed by atoms with E-state index in [1.165, 1.54) is 11.3 Å². The summed E-state index contributed by atoms with van der Waals surface area (Å²) < 4.78 is 23.0. The van der Waals surface area contributed by atoms with Gasteiger partial charge in [0.1, 0.15) is 0 Å². The molecule has 0 bridgehead atoms. The second-order valence-corrected chi connectivity index (χ2v) is 7.27. The smallest absolute Gasteiger partial charge is 0.254 e. The van der Waals surface area contributed by atoms with Gasteiger partial charge in [0, 0.05) is 11.4 Å². The van der Waals surface area contributed by atoms with Crippen LogP contribution >= 0.6 is 11.3 Å². The molecule has 0 saturated carbocycles. The van der Waals surface area contributed by atoms with E-state index in [4.69, 9.17) is 5.73 Å². The summed E-state index contributed by atoms with van der Waals surface area (Å²) in [5.74, 6) is -0.0964. The summed E-state index contributed by atoms with van der Waals surface area (Å²) in [5.41, 5.74) is 7.09. The molecule has 1 aliphatic heterocycles. The summed E-state index contributed by atoms with van der Waals surface area (Å²) >= 11 is 1.21. The third kappa shape index (κ3) is 2.30. The molecule has 0 unspecified atom stereocenters. The number of hydrogen-bond donors (Lipinski definition) is 2. The number of anilines is 1. The predicted molar refractivity (Wildman–Crippen MR) is 67.9 cm³/mol. The second kappa shape index (κ2) is 4.30. The lowest BCUT2D eigenvalue weighted by Crippen LogP contribution is -2.26. The highest BCUT2D eigenvalue weighted by Crippen LogP contribution is 2.35. The van der Waals surface area contributed by atoms with Gasteiger partial charge >= 0.3 is 0 Å². The fourth-order valence-electron chi connectivity index (χ4n) is 1.94. The Morgan fingerprint density at radius 3 is 2.88 bits per heavy atom. The first-order valence-electron chi connectivity index (χ1n) is 5.33. The Kier molecular flexibility index (Phi) is 3.13. The van der Waals surface area contributed by atoms with Crippen molar-refractivity contribution < 1.29 is 13.2 Å². The Morgan fingerprint density at radius 2 is 2.24 bits per heavy atom. The first-order valence-corrected chi connectivity index (χ1v) is 7.97. The molecule has 0 radical (unpaired) electrons. The van der Waals surface area contributed by atoms with Crippen molar-refractivity contribution in [3.63, 3.8) is 0 Å². The maximum absolute atomic E-state index is 11.8. The van der Waals surface area contributed by atoms with Gasteiger partial charge in [-0.1, -0.05) is 0 Å². The molecule has 17 heavy (non-hydrogen) atoms. The van der Waals surface area contributed by atoms with Crippen molar-refractivity contribution in [1.82, 2.24) is 5.32 Å². The molecule has 1 aromatic rings. The molecule has 0 spiro atoms. The Balaban J connectivity index is 2.44. The Hall–Kier alpha value is -1.08. The van der Waals surface area contributed by atoms with Crippen molar-refractivity contribution in [3.05, 3.63) is 16.0 Å². The van der Waals surface area contributed by atoms with Crippen LogP contribution in [0.3, 0.4) is 0 Å². The van der Waals surface area contributed by atoms with E-state index in [0.29, 0.717) is 23.5 Å². The highest BCUT2D eigenvalue weighted by Gasteiger charge is 2.29. The molecular weight excluding hydrogens is 260 g/mol. The van der Waals surface area contributed by atoms with Gasteiger partial charge in [-0.25, -0.2) is 8.42 Å². The monoisotopic (exact) mass is 274 g/mol. The first kappa shape index (κ1) is 12.4. The molecule has 2 rings (SSSR count). The van der Waals surface area contributed by atoms with Crippen LogP contribution in [0.5, 0.6) is 0 Å². The third-order valence-electron chi connectivity index (χ3n) is 2.70. The van der Waals surface area contributed by atoms with E-state index in [2.05, 4.69) is 5.32 Å². The summed E-state index contributed by atoms with van der Waals surface area (Å²) in [6.45, 7) is 2.36. The minimum atomic E-state index is -3.01. The zero-order valence-electron chi connectivity index (χ0n) is 9.45. The molecule has 1 aromatic heterocycles. The highest BCUT2D eigenvalue weighted by molar-refractivity contribution is 7.90. The highest BCUT2D eigenvalue weighted by atomic mass is 32.2. The van der Waals surface area contributed by atoms with Crippen LogP contribution < -0.4 is 11.1 Å². The second-order valence-electron chi connectivity index (χ2n) is 3.94. The number of nitrogen functional groups attached to an aromatic ring is 1. The molecule has 0 saturated heterocycles. The lowest BCUT2D eigenvalue weighted by Gasteiger charge is -2.13. The van der Waals surface area contributed by atoms with E-state index in [1.807, 2.05) is 6.92 Å². The van der Waals surface area contributed by atoms with E-state index < -0.39 is 9.84 Å². The largest absolute Gasteiger partial charge is 0.390 e. The fourth-order valence-corrected chi connectivity index (χ4v) is 4.86. The SMILES string of the molecule is CCNC(=O)c1c(N)sc2c1CCS(=O)(=O)C2. The number of rotatable bonds is 2. The number of nitrogens with one attached hydrogen (secondary N) is 1. The van der Waals surface area contributed by atoms with Crippen LogP contribution in [0.1, 0.15) is 27.7 Å². The van der Waals surface area contributed by atoms with E-state index >= 15 is 0 Å². The van der Waals surface area contributed by atoms with Crippen molar-refractivity contribution in [2.45, 2.75) is 19.1 Å². The summed E-state index contributed by atoms with van der Waals surface area (Å²) in [6.07, 6.45) is 0.387. The third-order valence-corrected chi connectivity index (χ3v) is 5.49. The molecule has 0 atom stereocenters. The summed E-state index contributed by atoms with van der Waals surface area (Å²) in [4.78, 5) is 12.5. The van der Waals surface area contributed by atoms with Crippen LogP contribution in [0.2, 0.25) is 0 Å². The normalized spacial score (nSPS) is 17.5. The van der Waals surface area contributed by atoms with Crippen molar-refractivity contribution >= 4 is 32.1 Å². The number of fused-ring (bicyclic) bond motifs is 1. The van der Waals surface area contributed by atoms with E-state index in [-0.39, 0.29) is 17.4 Å². The predicted octanol–water partition coefficient (Wildman–Crippen LogP) is 0.551. The Bertz CT molecular complexity index is 560. The molecule has 1 aliphatic rings. The van der Waals surface area contributed by atoms with Crippen LogP contribution in [0, 0.1) is 0 Å². The van der Waals surface area contributed by atoms with Gasteiger partial charge in [-0.3, -0.25) is 4.79 Å². The molecule has 0 aromatic carbocycles. The van der Waals surface area contributed by atoms with E-state index in [1.54, 1.807) is 0 Å². The van der Waals surface area contributed by atoms with Crippen LogP contribution in [-0.4, -0.2) is 26.6 Å². The van der Waals surface area contributed by atoms with Crippen molar-refractivity contribution in [2.24, 2.45) is 0 Å². The maximum atomic E-state index is 11.8. The quantitative estimate of drug-likeness (QED) is 0.824. The number of carbonyl (C=O) groups excluding carboxylic acids is 1. The average molecular weight is 274 g/mol. The zero-order chi connectivity index (χ0) is 12.6. The standard InChI is InChI=1S/C10H14N2O3S2/c1-2-12-10(13)8-6-3-4-17(14,15)5-7(6)16-9(8)11/h2-5,11H2,1H3,(H,12,13). The van der Waals surface area contributed by atoms with E-state index in [9.17, 15) is 13.2 Å². The van der Waals surface area contributed by atoms with Crippen LogP contribution in [0.4, 0.5) is 5.00 Å². The summed E-state index contributed by atoms with van der Waals surface area (Å²) in [5, 5.41) is 3.11. The zero-order valence-corrected chi connectivity index (χ0v) is 11.1. The summed E-state index contributed by atoms with van der Waals surface area (Å²) in [6, 6.07) is 0. The van der Waals surface area contributed by atoms with Crippen LogP contribution in [-0.2, 0) is 22.0 Å². The number of sulfone groups is 1. The van der Waals surface area contributed by atoms with Gasteiger partial charge in [-0.05, 0) is 18.9 Å². The van der Waals surface area contributed by atoms with Gasteiger partial charge in [-0.2, -0.15) is 0 Å². The molecular formula is C10H14N2O3S2. The molecule has 7 heteroatoms. The van der Waals surface area contributed by atoms with Gasteiger partial charge in [-0.15, -0.1) is 11.3 Å². The topological polar surface area (TPSA) is 89.3 Å². The molecule has 0 fully saturated rings. The summed E-state index contributed by atoms with van der Waals surface area (Å²) in [7, 11) is -3.01. The molecule has 0 aliphatic carbocycles. The number of thiophene rings is 1. The molecule has 2 heterocycles. The minimum Gasteiger partial charge on any atom is -0.390 e. The van der Waals surface area contributed by atoms with Crippen molar-refractivity contribution in [2.75, 3.05) is 18.0 Å². The molecule has 3 N–H and O–H groups in total. The van der Waals surface area contributed by atoms with Crippen LogP contribution in [0.25, 0.3) is 0 Å². The minimum absolute atomic E-state index is 0.0105. The molecule has 94 valence electrons. The lowest BCUT2D eigenvalue weighted by molar-refractivity contribution is 0.0956. The molecule has 1 amide bonds. The number of hydrogen-bond acceptors (Lipinski definition) is 5. The number of amides is 1. The molecule has 5 nitrogen and oxygen atoms in total. The Morgan fingerprint density at radius 1 is 1.53 bits per heavy atom. The Labute approximate surface area is 104 Å². The van der Waals surface area contributed by atoms with Gasteiger partial charge in [0.2, 0.25) is 0 Å². The van der Waals surface area contributed by atoms with Crippen molar-refractivity contribution in [1.29, 1.82) is 0 Å². The van der Waals surface area contributed by atoms with Gasteiger partial charge in [0.15, 0.2) is 9.84 Å². The van der Waals surface area contributed by atoms with Gasteiger partial charge in [0.05, 0.1) is 22.1 Å². The average Bonchev–Trinajstić information content (AvgIpc) is 2.51. The van der Waals surface area contributed by atoms with Crippen LogP contribution in [0.15, 0.2) is 0 Å². The van der Waals surface area contributed by atoms with Gasteiger partial charge < -0.3 is 11.1 Å². The first-order chi connectivity index (χ1) is 7.94. The van der Waals surface area contributed by atoms with E-state index in [0.717, 1.165) is 10.4 Å². The lowest BCUT2D eigenvalue weighted by atomic mass is 10.1. The van der Waals surface area contributed by atoms with Gasteiger partial charge in [0.25, 0.3) is 5.91 Å². The van der Waals surface area contributed by atoms with Crippen molar-refractivity contribution in [3.8, 4) is 0 Å². The number of carbonyl (C=O) groups is 1. The number of nitrogens with two attached hydrogens (primary N) is 1.